The van der Waals surface area contributed by atoms with Gasteiger partial charge in [0, 0.05) is 73.2 Å². The number of alkyl carbamates (subject to hydrolysis) is 1. The minimum atomic E-state index is -1.74. The van der Waals surface area contributed by atoms with E-state index in [2.05, 4.69) is 49.5 Å². The predicted octanol–water partition coefficient (Wildman–Crippen LogP) is -3.45. The lowest BCUT2D eigenvalue weighted by Crippen LogP contribution is -2.56. The minimum absolute atomic E-state index is 0.000793. The fraction of sp³-hybridized carbons (Fsp3) is 0.630. The smallest absolute Gasteiger partial charge is 0.407 e. The number of carboxylic acid groups (broad SMARTS) is 1. The number of carbonyl (C=O) groups excluding carboxylic acids is 11. The van der Waals surface area contributed by atoms with E-state index in [4.69, 9.17) is 31.4 Å². The summed E-state index contributed by atoms with van der Waals surface area (Å²) < 4.78 is 15.8. The van der Waals surface area contributed by atoms with Gasteiger partial charge in [-0.15, -0.1) is 0 Å². The van der Waals surface area contributed by atoms with Gasteiger partial charge in [0.2, 0.25) is 41.4 Å². The maximum absolute atomic E-state index is 13.5. The number of carbonyl (C=O) groups is 12. The number of nitrogens with two attached hydrogens (primary N) is 3. The first-order valence-electron chi connectivity index (χ1n) is 24.0. The van der Waals surface area contributed by atoms with Crippen LogP contribution < -0.4 is 54.4 Å². The average molecular weight is 1080 g/mol. The number of ketones is 2. The molecule has 8 amide bonds. The average Bonchev–Trinajstić information content (AvgIpc) is 3.33. The highest BCUT2D eigenvalue weighted by Crippen LogP contribution is 2.40. The van der Waals surface area contributed by atoms with Crippen LogP contribution in [0.4, 0.5) is 4.79 Å². The molecule has 0 spiro atoms. The largest absolute Gasteiger partial charge is 0.481 e. The van der Waals surface area contributed by atoms with Crippen molar-refractivity contribution in [2.75, 3.05) is 71.5 Å². The number of rotatable bonds is 37. The number of allylic oxidation sites excluding steroid dienone is 4. The number of amides is 8. The Morgan fingerprint density at radius 1 is 0.680 bits per heavy atom. The van der Waals surface area contributed by atoms with Gasteiger partial charge in [0.25, 0.3) is 0 Å². The van der Waals surface area contributed by atoms with Crippen LogP contribution in [0.25, 0.3) is 0 Å². The quantitative estimate of drug-likeness (QED) is 0.00719. The van der Waals surface area contributed by atoms with E-state index in [1.807, 2.05) is 5.32 Å². The van der Waals surface area contributed by atoms with E-state index in [1.165, 1.54) is 13.8 Å². The van der Waals surface area contributed by atoms with E-state index in [-0.39, 0.29) is 118 Å². The molecule has 1 rings (SSSR count). The molecule has 0 saturated carbocycles. The predicted molar refractivity (Wildman–Crippen MR) is 270 cm³/mol. The molecule has 0 radical (unpaired) electrons. The van der Waals surface area contributed by atoms with Gasteiger partial charge in [0.05, 0.1) is 52.4 Å². The van der Waals surface area contributed by atoms with Gasteiger partial charge in [-0.05, 0) is 51.7 Å². The van der Waals surface area contributed by atoms with Gasteiger partial charge in [-0.2, -0.15) is 12.6 Å². The number of aliphatic carboxylic acids is 1. The van der Waals surface area contributed by atoms with Crippen LogP contribution in [0.5, 0.6) is 0 Å². The number of ether oxygens (including phenoxy) is 3. The number of aliphatic hydroxyl groups is 1. The molecular weight excluding hydrogens is 1010 g/mol. The van der Waals surface area contributed by atoms with Crippen molar-refractivity contribution in [3.63, 3.8) is 0 Å². The van der Waals surface area contributed by atoms with Gasteiger partial charge in [-0.25, -0.2) is 4.79 Å². The summed E-state index contributed by atoms with van der Waals surface area (Å²) in [6.45, 7) is 5.03. The third-order valence-corrected chi connectivity index (χ3v) is 11.2. The molecule has 0 aliphatic heterocycles. The molecule has 15 N–H and O–H groups in total. The molecule has 1 aliphatic carbocycles. The monoisotopic (exact) mass is 1080 g/mol. The highest BCUT2D eigenvalue weighted by atomic mass is 32.1. The highest BCUT2D eigenvalue weighted by molar-refractivity contribution is 7.80. The summed E-state index contributed by atoms with van der Waals surface area (Å²) in [5, 5.41) is 34.7. The first kappa shape index (κ1) is 65.9. The summed E-state index contributed by atoms with van der Waals surface area (Å²) in [5.41, 5.74) is 15.5. The Bertz CT molecular complexity index is 2160. The van der Waals surface area contributed by atoms with Crippen molar-refractivity contribution in [3.8, 4) is 0 Å². The van der Waals surface area contributed by atoms with Gasteiger partial charge < -0.3 is 78.8 Å². The number of Topliss-reactive ketones (excluding diaryl/α,β-unsaturated/α-hetero) is 2. The fourth-order valence-electron chi connectivity index (χ4n) is 7.06. The molecule has 1 aliphatic rings. The Morgan fingerprint density at radius 2 is 1.32 bits per heavy atom. The molecule has 0 bridgehead atoms. The van der Waals surface area contributed by atoms with Crippen LogP contribution in [0.1, 0.15) is 91.9 Å². The summed E-state index contributed by atoms with van der Waals surface area (Å²) in [6.07, 6.45) is -0.904. The minimum Gasteiger partial charge on any atom is -0.481 e. The lowest BCUT2D eigenvalue weighted by molar-refractivity contribution is -0.146. The molecule has 0 heterocycles. The number of nitrogens with zero attached hydrogens (tertiary/aromatic N) is 1. The van der Waals surface area contributed by atoms with Crippen molar-refractivity contribution in [2.24, 2.45) is 27.6 Å². The Morgan fingerprint density at radius 3 is 1.95 bits per heavy atom. The van der Waals surface area contributed by atoms with Crippen LogP contribution in [0.2, 0.25) is 0 Å². The third-order valence-electron chi connectivity index (χ3n) is 10.9. The molecule has 29 heteroatoms. The lowest BCUT2D eigenvalue weighted by Gasteiger charge is -2.31. The number of thiol groups is 1. The van der Waals surface area contributed by atoms with Gasteiger partial charge in [0.15, 0.2) is 17.5 Å². The molecule has 0 aromatic heterocycles. The molecule has 3 atom stereocenters. The number of nitrogens with one attached hydrogen (secondary N) is 7. The van der Waals surface area contributed by atoms with E-state index < -0.39 is 109 Å². The molecule has 3 unspecified atom stereocenters. The van der Waals surface area contributed by atoms with Crippen molar-refractivity contribution in [1.29, 1.82) is 0 Å². The second-order valence-electron chi connectivity index (χ2n) is 17.5. The molecule has 75 heavy (non-hydrogen) atoms. The molecule has 420 valence electrons. The standard InChI is InChI=1S/C46H73N11O17S/c1-26-28(11-12-33(60)50-15-19-72-16-8-20-75)39(66)27(2)38(40(26)67)46(3,4)22-37(65)73-17-7-18-74-45(71)52-14-6-10-32(59)53-23-34(61)55-29(9-5-13-51-44(48)49)42(69)54-24-35(62)56-30(21-36(63)64)43(70)57-31(25-58)41(47)68/h29-31,58,75H,5-25H2,1-4H3,(H2,47,68)(H,50,60)(H,52,71)(H,53,59)(H,54,69)(H,55,61)(H,56,62)(H,57,70)(H,63,64)(H4,48,49,51). The second-order valence-corrected chi connectivity index (χ2v) is 18.0. The number of hydrogen-bond donors (Lipinski definition) is 13. The SMILES string of the molecule is CC1=C(CCC(=O)NCCOCCCS)C(=O)C(C)=C(C(C)(C)CC(=O)OCCCOC(=O)NCCCC(=O)NCC(=O)NC(CCCN=C(N)N)C(=O)NCC(=O)NC(CC(=O)O)C(=O)NC(CO)C(N)=O)C1=O. The van der Waals surface area contributed by atoms with Crippen LogP contribution in [0.3, 0.4) is 0 Å². The summed E-state index contributed by atoms with van der Waals surface area (Å²) in [6, 6.07) is -4.60. The van der Waals surface area contributed by atoms with E-state index in [0.29, 0.717) is 25.5 Å². The van der Waals surface area contributed by atoms with Crippen LogP contribution in [-0.2, 0) is 67.0 Å². The number of esters is 1. The van der Waals surface area contributed by atoms with Crippen LogP contribution in [0, 0.1) is 5.41 Å². The first-order valence-corrected chi connectivity index (χ1v) is 24.6. The van der Waals surface area contributed by atoms with Crippen molar-refractivity contribution < 1.29 is 82.0 Å². The molecule has 0 aromatic rings. The number of guanidine groups is 1. The Hall–Kier alpha value is -7.14. The van der Waals surface area contributed by atoms with E-state index in [1.54, 1.807) is 13.8 Å². The first-order chi connectivity index (χ1) is 35.3. The van der Waals surface area contributed by atoms with Crippen LogP contribution in [-0.4, -0.2) is 177 Å². The van der Waals surface area contributed by atoms with Gasteiger partial charge >= 0.3 is 18.0 Å². The van der Waals surface area contributed by atoms with Gasteiger partial charge in [0.1, 0.15) is 18.1 Å². The van der Waals surface area contributed by atoms with Crippen LogP contribution in [0.15, 0.2) is 27.3 Å². The number of aliphatic hydroxyl groups excluding tert-OH is 1. The number of hydrogen-bond acceptors (Lipinski definition) is 18. The zero-order valence-corrected chi connectivity index (χ0v) is 43.6. The number of carboxylic acids is 1. The molecule has 0 fully saturated rings. The zero-order valence-electron chi connectivity index (χ0n) is 42.7. The second kappa shape index (κ2) is 35.1. The van der Waals surface area contributed by atoms with Crippen molar-refractivity contribution >= 4 is 89.5 Å². The van der Waals surface area contributed by atoms with E-state index >= 15 is 0 Å². The number of primary amides is 1. The van der Waals surface area contributed by atoms with Gasteiger partial charge in [-0.1, -0.05) is 13.8 Å². The maximum Gasteiger partial charge on any atom is 0.407 e. The Labute approximate surface area is 439 Å². The molecule has 0 saturated heterocycles. The highest BCUT2D eigenvalue weighted by Gasteiger charge is 2.40. The Balaban J connectivity index is 2.53. The normalized spacial score (nSPS) is 13.6. The van der Waals surface area contributed by atoms with E-state index in [9.17, 15) is 67.7 Å². The van der Waals surface area contributed by atoms with Crippen LogP contribution >= 0.6 is 12.6 Å². The van der Waals surface area contributed by atoms with Crippen molar-refractivity contribution in [2.45, 2.75) is 110 Å². The van der Waals surface area contributed by atoms with E-state index in [0.717, 1.165) is 6.42 Å². The molecule has 0 aromatic carbocycles. The lowest BCUT2D eigenvalue weighted by atomic mass is 9.70. The molecular formula is C46H73N11O17S. The zero-order chi connectivity index (χ0) is 56.7. The van der Waals surface area contributed by atoms with Crippen molar-refractivity contribution in [3.05, 3.63) is 22.3 Å². The number of aliphatic imine (C=N–C) groups is 1. The topological polar surface area (TPSA) is 448 Å². The molecule has 28 nitrogen and oxygen atoms in total. The van der Waals surface area contributed by atoms with Crippen molar-refractivity contribution in [1.82, 2.24) is 37.2 Å². The summed E-state index contributed by atoms with van der Waals surface area (Å²) in [7, 11) is 0. The summed E-state index contributed by atoms with van der Waals surface area (Å²) >= 11 is 4.11. The summed E-state index contributed by atoms with van der Waals surface area (Å²) in [5.74, 6) is -8.36. The maximum atomic E-state index is 13.5. The van der Waals surface area contributed by atoms with Gasteiger partial charge in [-0.3, -0.25) is 57.7 Å². The Kier molecular flexibility index (Phi) is 30.9. The fourth-order valence-corrected chi connectivity index (χ4v) is 7.19. The third kappa shape index (κ3) is 26.6. The summed E-state index contributed by atoms with van der Waals surface area (Å²) in [4.78, 5) is 154.